The first kappa shape index (κ1) is 14.8. The van der Waals surface area contributed by atoms with Crippen LogP contribution in [0.3, 0.4) is 0 Å². The molecule has 0 radical (unpaired) electrons. The minimum Gasteiger partial charge on any atom is -0.496 e. The number of aliphatic carboxylic acids is 1. The van der Waals surface area contributed by atoms with E-state index in [9.17, 15) is 19.7 Å². The number of carboxylic acid groups (broad SMARTS) is 1. The number of carboxylic acids is 1. The van der Waals surface area contributed by atoms with Gasteiger partial charge in [-0.05, 0) is 18.9 Å². The quantitative estimate of drug-likeness (QED) is 0.460. The van der Waals surface area contributed by atoms with Gasteiger partial charge in [0.25, 0.3) is 5.69 Å². The third-order valence-corrected chi connectivity index (χ3v) is 3.51. The first-order valence-electron chi connectivity index (χ1n) is 6.24. The van der Waals surface area contributed by atoms with Crippen LogP contribution in [0.15, 0.2) is 18.2 Å². The number of methoxy groups -OCH3 is 1. The van der Waals surface area contributed by atoms with Crippen molar-refractivity contribution >= 4 is 17.6 Å². The van der Waals surface area contributed by atoms with Gasteiger partial charge in [0.2, 0.25) is 5.91 Å². The van der Waals surface area contributed by atoms with Crippen LogP contribution in [0.1, 0.15) is 18.4 Å². The number of carbonyl (C=O) groups is 2. The molecule has 0 atom stereocenters. The van der Waals surface area contributed by atoms with Crippen LogP contribution in [0.25, 0.3) is 0 Å². The molecule has 0 bridgehead atoms. The lowest BCUT2D eigenvalue weighted by atomic mass is 10.1. The zero-order chi connectivity index (χ0) is 15.6. The van der Waals surface area contributed by atoms with E-state index in [1.165, 1.54) is 25.3 Å². The summed E-state index contributed by atoms with van der Waals surface area (Å²) in [6.07, 6.45) is 0.612. The summed E-state index contributed by atoms with van der Waals surface area (Å²) in [6, 6.07) is 4.02. The van der Waals surface area contributed by atoms with Gasteiger partial charge in [-0.25, -0.2) is 0 Å². The van der Waals surface area contributed by atoms with Gasteiger partial charge < -0.3 is 15.2 Å². The van der Waals surface area contributed by atoms with Gasteiger partial charge in [-0.3, -0.25) is 19.7 Å². The molecule has 8 nitrogen and oxygen atoms in total. The third-order valence-electron chi connectivity index (χ3n) is 3.51. The van der Waals surface area contributed by atoms with Crippen molar-refractivity contribution in [2.75, 3.05) is 7.11 Å². The Hall–Kier alpha value is -2.64. The summed E-state index contributed by atoms with van der Waals surface area (Å²) >= 11 is 0. The van der Waals surface area contributed by atoms with E-state index in [0.29, 0.717) is 24.2 Å². The SMILES string of the molecule is COc1ccc([N+](=O)[O-])cc1CNC(=O)C1(C(=O)O)CC1. The molecular weight excluding hydrogens is 280 g/mol. The van der Waals surface area contributed by atoms with Crippen LogP contribution in [-0.2, 0) is 16.1 Å². The molecule has 0 spiro atoms. The minimum absolute atomic E-state index is 0.0291. The second-order valence-corrected chi connectivity index (χ2v) is 4.82. The maximum Gasteiger partial charge on any atom is 0.319 e. The van der Waals surface area contributed by atoms with Crippen LogP contribution in [0.4, 0.5) is 5.69 Å². The van der Waals surface area contributed by atoms with E-state index in [1.807, 2.05) is 0 Å². The van der Waals surface area contributed by atoms with Crippen molar-refractivity contribution in [3.05, 3.63) is 33.9 Å². The Morgan fingerprint density at radius 1 is 1.48 bits per heavy atom. The topological polar surface area (TPSA) is 119 Å². The number of nitro benzene ring substituents is 1. The highest BCUT2D eigenvalue weighted by molar-refractivity contribution is 6.04. The Morgan fingerprint density at radius 3 is 2.62 bits per heavy atom. The number of nitrogens with zero attached hydrogens (tertiary/aromatic N) is 1. The molecule has 0 saturated heterocycles. The van der Waals surface area contributed by atoms with Crippen molar-refractivity contribution in [2.45, 2.75) is 19.4 Å². The molecule has 1 amide bonds. The molecule has 0 unspecified atom stereocenters. The van der Waals surface area contributed by atoms with Gasteiger partial charge in [0.1, 0.15) is 11.2 Å². The largest absolute Gasteiger partial charge is 0.496 e. The number of benzene rings is 1. The fourth-order valence-corrected chi connectivity index (χ4v) is 2.02. The molecule has 1 aliphatic carbocycles. The molecule has 21 heavy (non-hydrogen) atoms. The molecule has 1 aromatic rings. The number of nitrogens with one attached hydrogen (secondary N) is 1. The van der Waals surface area contributed by atoms with Gasteiger partial charge in [-0.2, -0.15) is 0 Å². The highest BCUT2D eigenvalue weighted by Gasteiger charge is 2.56. The van der Waals surface area contributed by atoms with E-state index < -0.39 is 22.2 Å². The molecule has 1 aromatic carbocycles. The first-order chi connectivity index (χ1) is 9.90. The van der Waals surface area contributed by atoms with E-state index in [-0.39, 0.29) is 12.2 Å². The summed E-state index contributed by atoms with van der Waals surface area (Å²) in [5.74, 6) is -1.34. The molecule has 8 heteroatoms. The Balaban J connectivity index is 2.12. The van der Waals surface area contributed by atoms with Crippen molar-refractivity contribution in [3.8, 4) is 5.75 Å². The highest BCUT2D eigenvalue weighted by Crippen LogP contribution is 2.46. The second kappa shape index (κ2) is 5.39. The second-order valence-electron chi connectivity index (χ2n) is 4.82. The summed E-state index contributed by atoms with van der Waals surface area (Å²) in [5, 5.41) is 22.3. The van der Waals surface area contributed by atoms with Gasteiger partial charge in [0.15, 0.2) is 0 Å². The predicted molar refractivity (Wildman–Crippen MR) is 70.8 cm³/mol. The summed E-state index contributed by atoms with van der Waals surface area (Å²) in [6.45, 7) is -0.0291. The van der Waals surface area contributed by atoms with E-state index in [4.69, 9.17) is 9.84 Å². The van der Waals surface area contributed by atoms with Crippen LogP contribution >= 0.6 is 0 Å². The van der Waals surface area contributed by atoms with Crippen LogP contribution in [0.5, 0.6) is 5.75 Å². The number of nitro groups is 1. The number of amides is 1. The van der Waals surface area contributed by atoms with Gasteiger partial charge in [-0.1, -0.05) is 0 Å². The van der Waals surface area contributed by atoms with Crippen molar-refractivity contribution < 1.29 is 24.4 Å². The van der Waals surface area contributed by atoms with Crippen molar-refractivity contribution in [2.24, 2.45) is 5.41 Å². The maximum atomic E-state index is 11.9. The lowest BCUT2D eigenvalue weighted by Gasteiger charge is -2.12. The smallest absolute Gasteiger partial charge is 0.319 e. The monoisotopic (exact) mass is 294 g/mol. The average molecular weight is 294 g/mol. The molecule has 1 fully saturated rings. The highest BCUT2D eigenvalue weighted by atomic mass is 16.6. The van der Waals surface area contributed by atoms with Crippen LogP contribution < -0.4 is 10.1 Å². The minimum atomic E-state index is -1.34. The third kappa shape index (κ3) is 2.78. The Bertz CT molecular complexity index is 609. The van der Waals surface area contributed by atoms with E-state index in [2.05, 4.69) is 5.32 Å². The van der Waals surface area contributed by atoms with Gasteiger partial charge in [-0.15, -0.1) is 0 Å². The Labute approximate surface area is 119 Å². The summed E-state index contributed by atoms with van der Waals surface area (Å²) in [7, 11) is 1.41. The lowest BCUT2D eigenvalue weighted by Crippen LogP contribution is -2.36. The van der Waals surface area contributed by atoms with Crippen molar-refractivity contribution in [1.82, 2.24) is 5.32 Å². The Morgan fingerprint density at radius 2 is 2.14 bits per heavy atom. The average Bonchev–Trinajstić information content (AvgIpc) is 3.25. The number of non-ortho nitro benzene ring substituents is 1. The van der Waals surface area contributed by atoms with Gasteiger partial charge >= 0.3 is 5.97 Å². The van der Waals surface area contributed by atoms with Crippen LogP contribution in [0, 0.1) is 15.5 Å². The standard InChI is InChI=1S/C13H14N2O6/c1-21-10-3-2-9(15(19)20)6-8(10)7-14-11(16)13(4-5-13)12(17)18/h2-3,6H,4-5,7H2,1H3,(H,14,16)(H,17,18). The molecule has 2 rings (SSSR count). The molecule has 1 saturated carbocycles. The van der Waals surface area contributed by atoms with E-state index >= 15 is 0 Å². The maximum absolute atomic E-state index is 11.9. The van der Waals surface area contributed by atoms with Crippen LogP contribution in [-0.4, -0.2) is 29.0 Å². The number of ether oxygens (including phenoxy) is 1. The molecule has 0 aromatic heterocycles. The lowest BCUT2D eigenvalue weighted by molar-refractivity contribution is -0.384. The number of rotatable bonds is 6. The molecule has 2 N–H and O–H groups in total. The van der Waals surface area contributed by atoms with Crippen molar-refractivity contribution in [1.29, 1.82) is 0 Å². The zero-order valence-electron chi connectivity index (χ0n) is 11.3. The number of hydrogen-bond donors (Lipinski definition) is 2. The van der Waals surface area contributed by atoms with E-state index in [1.54, 1.807) is 0 Å². The number of carbonyl (C=O) groups excluding carboxylic acids is 1. The Kier molecular flexibility index (Phi) is 3.79. The molecule has 112 valence electrons. The van der Waals surface area contributed by atoms with Crippen LogP contribution in [0.2, 0.25) is 0 Å². The molecule has 1 aliphatic rings. The molecular formula is C13H14N2O6. The number of hydrogen-bond acceptors (Lipinski definition) is 5. The fraction of sp³-hybridized carbons (Fsp3) is 0.385. The van der Waals surface area contributed by atoms with Gasteiger partial charge in [0, 0.05) is 24.2 Å². The first-order valence-corrected chi connectivity index (χ1v) is 6.24. The van der Waals surface area contributed by atoms with Crippen molar-refractivity contribution in [3.63, 3.8) is 0 Å². The fourth-order valence-electron chi connectivity index (χ4n) is 2.02. The summed E-state index contributed by atoms with van der Waals surface area (Å²) in [5.41, 5.74) is -1.05. The molecule has 0 aliphatic heterocycles. The van der Waals surface area contributed by atoms with E-state index in [0.717, 1.165) is 0 Å². The summed E-state index contributed by atoms with van der Waals surface area (Å²) < 4.78 is 5.07. The van der Waals surface area contributed by atoms with Gasteiger partial charge in [0.05, 0.1) is 12.0 Å². The predicted octanol–water partition coefficient (Wildman–Crippen LogP) is 1.08. The zero-order valence-corrected chi connectivity index (χ0v) is 11.3. The summed E-state index contributed by atoms with van der Waals surface area (Å²) in [4.78, 5) is 33.1. The normalized spacial score (nSPS) is 15.1. The molecule has 0 heterocycles.